The largest absolute Gasteiger partial charge is 0.280 e. The molecule has 6 nitrogen and oxygen atoms in total. The number of rotatable bonds is 6. The number of nitrogens with one attached hydrogen (secondary N) is 2. The molecule has 2 N–H and O–H groups in total. The van der Waals surface area contributed by atoms with Crippen LogP contribution in [-0.4, -0.2) is 16.8 Å². The van der Waals surface area contributed by atoms with Gasteiger partial charge < -0.3 is 0 Å². The van der Waals surface area contributed by atoms with Crippen molar-refractivity contribution in [1.82, 2.24) is 0 Å². The third-order valence-electron chi connectivity index (χ3n) is 3.95. The van der Waals surface area contributed by atoms with Gasteiger partial charge in [0.05, 0.1) is 10.6 Å². The van der Waals surface area contributed by atoms with E-state index in [2.05, 4.69) is 9.44 Å². The third-order valence-corrected chi connectivity index (χ3v) is 7.14. The van der Waals surface area contributed by atoms with E-state index in [4.69, 9.17) is 11.6 Å². The van der Waals surface area contributed by atoms with Gasteiger partial charge in [0.15, 0.2) is 0 Å². The van der Waals surface area contributed by atoms with E-state index in [1.807, 2.05) is 0 Å². The zero-order valence-corrected chi connectivity index (χ0v) is 17.4. The van der Waals surface area contributed by atoms with Gasteiger partial charge in [-0.1, -0.05) is 29.8 Å². The van der Waals surface area contributed by atoms with Crippen molar-refractivity contribution in [2.75, 3.05) is 9.44 Å². The van der Waals surface area contributed by atoms with Crippen LogP contribution in [-0.2, 0) is 20.0 Å². The second-order valence-electron chi connectivity index (χ2n) is 6.13. The molecular weight excluding hydrogens is 439 g/mol. The van der Waals surface area contributed by atoms with Crippen molar-refractivity contribution in [3.63, 3.8) is 0 Å². The monoisotopic (exact) mass is 454 g/mol. The summed E-state index contributed by atoms with van der Waals surface area (Å²) in [6.07, 6.45) is 0. The average molecular weight is 455 g/mol. The Labute approximate surface area is 173 Å². The van der Waals surface area contributed by atoms with Crippen LogP contribution in [0, 0.1) is 12.7 Å². The molecule has 0 aromatic heterocycles. The summed E-state index contributed by atoms with van der Waals surface area (Å²) < 4.78 is 68.9. The molecular formula is C19H16ClFN2O4S2. The summed E-state index contributed by atoms with van der Waals surface area (Å²) in [5.74, 6) is -0.913. The molecule has 0 saturated heterocycles. The molecule has 3 aromatic carbocycles. The SMILES string of the molecule is Cc1ccc(NS(=O)(=O)c2ccccc2F)cc1S(=O)(=O)Nc1ccc(Cl)cc1. The van der Waals surface area contributed by atoms with E-state index in [0.717, 1.165) is 12.1 Å². The molecule has 0 heterocycles. The molecule has 0 amide bonds. The van der Waals surface area contributed by atoms with Crippen molar-refractivity contribution in [2.24, 2.45) is 0 Å². The Hall–Kier alpha value is -2.62. The van der Waals surface area contributed by atoms with Gasteiger partial charge >= 0.3 is 0 Å². The standard InChI is InChI=1S/C19H16ClFN2O4S2/c1-13-6-9-16(23-28(24,25)18-5-3-2-4-17(18)21)12-19(13)29(26,27)22-15-10-7-14(20)8-11-15/h2-12,22-23H,1H3. The summed E-state index contributed by atoms with van der Waals surface area (Å²) in [5, 5.41) is 0.452. The summed E-state index contributed by atoms with van der Waals surface area (Å²) >= 11 is 5.80. The van der Waals surface area contributed by atoms with Gasteiger partial charge in [-0.05, 0) is 61.0 Å². The topological polar surface area (TPSA) is 92.3 Å². The molecule has 0 radical (unpaired) electrons. The predicted molar refractivity (Wildman–Crippen MR) is 111 cm³/mol. The molecule has 0 aliphatic carbocycles. The minimum absolute atomic E-state index is 0.0182. The molecule has 0 spiro atoms. The normalized spacial score (nSPS) is 11.8. The van der Waals surface area contributed by atoms with Crippen LogP contribution in [0.15, 0.2) is 76.5 Å². The van der Waals surface area contributed by atoms with Crippen LogP contribution in [0.1, 0.15) is 5.56 Å². The van der Waals surface area contributed by atoms with Crippen molar-refractivity contribution < 1.29 is 21.2 Å². The molecule has 0 fully saturated rings. The minimum atomic E-state index is -4.24. The highest BCUT2D eigenvalue weighted by Gasteiger charge is 2.22. The highest BCUT2D eigenvalue weighted by atomic mass is 35.5. The summed E-state index contributed by atoms with van der Waals surface area (Å²) in [6.45, 7) is 1.57. The van der Waals surface area contributed by atoms with Crippen LogP contribution in [0.3, 0.4) is 0 Å². The Morgan fingerprint density at radius 2 is 1.31 bits per heavy atom. The molecule has 29 heavy (non-hydrogen) atoms. The van der Waals surface area contributed by atoms with E-state index >= 15 is 0 Å². The first kappa shape index (κ1) is 21.1. The maximum absolute atomic E-state index is 13.9. The van der Waals surface area contributed by atoms with E-state index in [1.54, 1.807) is 6.92 Å². The van der Waals surface area contributed by atoms with Gasteiger partial charge in [0.1, 0.15) is 10.7 Å². The van der Waals surface area contributed by atoms with Crippen LogP contribution < -0.4 is 9.44 Å². The van der Waals surface area contributed by atoms with Crippen molar-refractivity contribution in [2.45, 2.75) is 16.7 Å². The van der Waals surface area contributed by atoms with Gasteiger partial charge in [-0.25, -0.2) is 21.2 Å². The summed E-state index contributed by atoms with van der Waals surface area (Å²) in [4.78, 5) is -0.662. The second-order valence-corrected chi connectivity index (χ2v) is 9.87. The first-order valence-corrected chi connectivity index (χ1v) is 11.6. The molecule has 3 aromatic rings. The first-order valence-electron chi connectivity index (χ1n) is 8.25. The average Bonchev–Trinajstić information content (AvgIpc) is 2.65. The Morgan fingerprint density at radius 1 is 0.759 bits per heavy atom. The van der Waals surface area contributed by atoms with Gasteiger partial charge in [0.2, 0.25) is 0 Å². The highest BCUT2D eigenvalue weighted by Crippen LogP contribution is 2.25. The number of hydrogen-bond donors (Lipinski definition) is 2. The van der Waals surface area contributed by atoms with E-state index in [-0.39, 0.29) is 10.6 Å². The van der Waals surface area contributed by atoms with Crippen LogP contribution >= 0.6 is 11.6 Å². The number of anilines is 2. The highest BCUT2D eigenvalue weighted by molar-refractivity contribution is 7.93. The zero-order chi connectivity index (χ0) is 21.2. The Morgan fingerprint density at radius 3 is 1.97 bits per heavy atom. The lowest BCUT2D eigenvalue weighted by molar-refractivity contribution is 0.570. The van der Waals surface area contributed by atoms with E-state index in [1.165, 1.54) is 54.6 Å². The first-order chi connectivity index (χ1) is 13.6. The van der Waals surface area contributed by atoms with Crippen LogP contribution in [0.2, 0.25) is 5.02 Å². The van der Waals surface area contributed by atoms with Crippen LogP contribution in [0.4, 0.5) is 15.8 Å². The summed E-state index contributed by atoms with van der Waals surface area (Å²) in [7, 11) is -8.25. The lowest BCUT2D eigenvalue weighted by Crippen LogP contribution is -2.17. The van der Waals surface area contributed by atoms with Crippen molar-refractivity contribution >= 4 is 43.0 Å². The van der Waals surface area contributed by atoms with E-state index in [0.29, 0.717) is 16.3 Å². The number of benzene rings is 3. The van der Waals surface area contributed by atoms with Gasteiger partial charge in [0, 0.05) is 10.7 Å². The minimum Gasteiger partial charge on any atom is -0.280 e. The Bertz CT molecular complexity index is 1260. The van der Waals surface area contributed by atoms with Gasteiger partial charge in [-0.3, -0.25) is 9.44 Å². The molecule has 152 valence electrons. The van der Waals surface area contributed by atoms with Gasteiger partial charge in [-0.2, -0.15) is 0 Å². The predicted octanol–water partition coefficient (Wildman–Crippen LogP) is 4.39. The van der Waals surface area contributed by atoms with Crippen LogP contribution in [0.25, 0.3) is 0 Å². The maximum atomic E-state index is 13.9. The molecule has 10 heteroatoms. The van der Waals surface area contributed by atoms with Gasteiger partial charge in [0.25, 0.3) is 20.0 Å². The van der Waals surface area contributed by atoms with E-state index in [9.17, 15) is 21.2 Å². The second kappa shape index (κ2) is 8.02. The van der Waals surface area contributed by atoms with Crippen molar-refractivity contribution in [3.05, 3.63) is 83.1 Å². The fraction of sp³-hybridized carbons (Fsp3) is 0.0526. The molecule has 0 aliphatic heterocycles. The molecule has 0 unspecified atom stereocenters. The molecule has 0 aliphatic rings. The Balaban J connectivity index is 1.94. The lowest BCUT2D eigenvalue weighted by Gasteiger charge is -2.14. The maximum Gasteiger partial charge on any atom is 0.264 e. The Kier molecular flexibility index (Phi) is 5.83. The molecule has 0 bridgehead atoms. The zero-order valence-electron chi connectivity index (χ0n) is 15.1. The molecule has 0 atom stereocenters. The molecule has 3 rings (SSSR count). The number of halogens is 2. The fourth-order valence-corrected chi connectivity index (χ4v) is 5.14. The third kappa shape index (κ3) is 4.87. The molecule has 0 saturated carbocycles. The number of aryl methyl sites for hydroxylation is 1. The van der Waals surface area contributed by atoms with Gasteiger partial charge in [-0.15, -0.1) is 0 Å². The lowest BCUT2D eigenvalue weighted by atomic mass is 10.2. The van der Waals surface area contributed by atoms with Crippen molar-refractivity contribution in [1.29, 1.82) is 0 Å². The van der Waals surface area contributed by atoms with Crippen molar-refractivity contribution in [3.8, 4) is 0 Å². The fourth-order valence-electron chi connectivity index (χ4n) is 2.55. The summed E-state index contributed by atoms with van der Waals surface area (Å²) in [5.41, 5.74) is 0.682. The van der Waals surface area contributed by atoms with E-state index < -0.39 is 30.8 Å². The smallest absolute Gasteiger partial charge is 0.264 e. The number of sulfonamides is 2. The summed E-state index contributed by atoms with van der Waals surface area (Å²) in [6, 6.07) is 15.0. The number of hydrogen-bond acceptors (Lipinski definition) is 4. The van der Waals surface area contributed by atoms with Crippen LogP contribution in [0.5, 0.6) is 0 Å². The quantitative estimate of drug-likeness (QED) is 0.577.